The van der Waals surface area contributed by atoms with Crippen LogP contribution in [0.5, 0.6) is 0 Å². The first-order valence-corrected chi connectivity index (χ1v) is 7.12. The molecule has 0 spiro atoms. The molecule has 20 heavy (non-hydrogen) atoms. The molecule has 4 nitrogen and oxygen atoms in total. The summed E-state index contributed by atoms with van der Waals surface area (Å²) in [5.74, 6) is 0.493. The van der Waals surface area contributed by atoms with Crippen molar-refractivity contribution in [1.29, 1.82) is 0 Å². The number of nitrogens with zero attached hydrogens (tertiary/aromatic N) is 2. The zero-order valence-corrected chi connectivity index (χ0v) is 12.4. The summed E-state index contributed by atoms with van der Waals surface area (Å²) < 4.78 is 0.813. The van der Waals surface area contributed by atoms with Gasteiger partial charge in [-0.05, 0) is 34.5 Å². The molecule has 0 radical (unpaired) electrons. The average Bonchev–Trinajstić information content (AvgIpc) is 2.45. The van der Waals surface area contributed by atoms with Gasteiger partial charge in [0, 0.05) is 21.6 Å². The summed E-state index contributed by atoms with van der Waals surface area (Å²) in [6, 6.07) is 11.3. The fourth-order valence-corrected chi connectivity index (χ4v) is 2.58. The van der Waals surface area contributed by atoms with Gasteiger partial charge in [-0.15, -0.1) is 0 Å². The van der Waals surface area contributed by atoms with Crippen molar-refractivity contribution >= 4 is 26.8 Å². The zero-order chi connectivity index (χ0) is 14.1. The minimum atomic E-state index is -0.159. The maximum Gasteiger partial charge on any atom is 0.251 e. The van der Waals surface area contributed by atoms with Crippen molar-refractivity contribution in [3.05, 3.63) is 56.9 Å². The molecule has 0 aliphatic carbocycles. The summed E-state index contributed by atoms with van der Waals surface area (Å²) in [5, 5.41) is 1.04. The Morgan fingerprint density at radius 3 is 2.80 bits per heavy atom. The maximum absolute atomic E-state index is 11.7. The molecule has 3 aromatic rings. The SMILES string of the molecule is CCc1cc(=O)[nH]c(-c2nc3ccccc3cc2Br)n1. The molecule has 0 amide bonds. The molecule has 1 N–H and O–H groups in total. The molecule has 0 bridgehead atoms. The lowest BCUT2D eigenvalue weighted by Gasteiger charge is -2.06. The van der Waals surface area contributed by atoms with E-state index in [4.69, 9.17) is 0 Å². The van der Waals surface area contributed by atoms with Gasteiger partial charge in [-0.25, -0.2) is 9.97 Å². The van der Waals surface area contributed by atoms with Crippen molar-refractivity contribution in [2.75, 3.05) is 0 Å². The minimum Gasteiger partial charge on any atom is -0.305 e. The highest BCUT2D eigenvalue weighted by molar-refractivity contribution is 9.10. The number of aromatic nitrogens is 3. The van der Waals surface area contributed by atoms with Gasteiger partial charge < -0.3 is 4.98 Å². The van der Waals surface area contributed by atoms with E-state index in [9.17, 15) is 4.79 Å². The third kappa shape index (κ3) is 2.36. The quantitative estimate of drug-likeness (QED) is 0.784. The van der Waals surface area contributed by atoms with Crippen LogP contribution >= 0.6 is 15.9 Å². The van der Waals surface area contributed by atoms with Crippen molar-refractivity contribution in [1.82, 2.24) is 15.0 Å². The topological polar surface area (TPSA) is 58.6 Å². The lowest BCUT2D eigenvalue weighted by atomic mass is 10.2. The molecule has 0 aliphatic heterocycles. The summed E-state index contributed by atoms with van der Waals surface area (Å²) in [6.07, 6.45) is 0.710. The van der Waals surface area contributed by atoms with Crippen molar-refractivity contribution in [2.45, 2.75) is 13.3 Å². The van der Waals surface area contributed by atoms with Crippen LogP contribution in [0, 0.1) is 0 Å². The summed E-state index contributed by atoms with van der Waals surface area (Å²) in [7, 11) is 0. The Kier molecular flexibility index (Phi) is 3.36. The Labute approximate surface area is 124 Å². The fraction of sp³-hybridized carbons (Fsp3) is 0.133. The van der Waals surface area contributed by atoms with Crippen molar-refractivity contribution in [3.8, 4) is 11.5 Å². The van der Waals surface area contributed by atoms with Crippen LogP contribution in [0.2, 0.25) is 0 Å². The maximum atomic E-state index is 11.7. The molecule has 0 aliphatic rings. The highest BCUT2D eigenvalue weighted by atomic mass is 79.9. The van der Waals surface area contributed by atoms with Crippen LogP contribution in [0.15, 0.2) is 45.7 Å². The van der Waals surface area contributed by atoms with Gasteiger partial charge in [-0.2, -0.15) is 0 Å². The average molecular weight is 330 g/mol. The molecule has 2 aromatic heterocycles. The number of rotatable bonds is 2. The normalized spacial score (nSPS) is 10.9. The molecule has 0 fully saturated rings. The van der Waals surface area contributed by atoms with Crippen LogP contribution in [0.4, 0.5) is 0 Å². The Morgan fingerprint density at radius 1 is 1.20 bits per heavy atom. The third-order valence-corrected chi connectivity index (χ3v) is 3.66. The summed E-state index contributed by atoms with van der Waals surface area (Å²) in [6.45, 7) is 1.97. The summed E-state index contributed by atoms with van der Waals surface area (Å²) >= 11 is 3.50. The van der Waals surface area contributed by atoms with E-state index in [1.54, 1.807) is 0 Å². The smallest absolute Gasteiger partial charge is 0.251 e. The second kappa shape index (κ2) is 5.17. The molecule has 2 heterocycles. The minimum absolute atomic E-state index is 0.159. The Hall–Kier alpha value is -2.01. The van der Waals surface area contributed by atoms with Crippen molar-refractivity contribution in [3.63, 3.8) is 0 Å². The van der Waals surface area contributed by atoms with Crippen LogP contribution in [0.3, 0.4) is 0 Å². The van der Waals surface area contributed by atoms with Gasteiger partial charge in [0.05, 0.1) is 5.52 Å². The lowest BCUT2D eigenvalue weighted by Crippen LogP contribution is -2.10. The Morgan fingerprint density at radius 2 is 2.00 bits per heavy atom. The van der Waals surface area contributed by atoms with Gasteiger partial charge >= 0.3 is 0 Å². The molecule has 0 saturated heterocycles. The molecule has 3 rings (SSSR count). The molecular weight excluding hydrogens is 318 g/mol. The number of fused-ring (bicyclic) bond motifs is 1. The Balaban J connectivity index is 2.26. The van der Waals surface area contributed by atoms with Crippen molar-refractivity contribution in [2.24, 2.45) is 0 Å². The van der Waals surface area contributed by atoms with Crippen LogP contribution in [0.25, 0.3) is 22.4 Å². The molecule has 1 aromatic carbocycles. The summed E-state index contributed by atoms with van der Waals surface area (Å²) in [4.78, 5) is 23.4. The predicted octanol–water partition coefficient (Wildman–Crippen LogP) is 3.31. The number of nitrogens with one attached hydrogen (secondary N) is 1. The monoisotopic (exact) mass is 329 g/mol. The number of para-hydroxylation sites is 1. The van der Waals surface area contributed by atoms with E-state index in [-0.39, 0.29) is 5.56 Å². The second-order valence-corrected chi connectivity index (χ2v) is 5.30. The van der Waals surface area contributed by atoms with E-state index in [1.807, 2.05) is 37.3 Å². The van der Waals surface area contributed by atoms with Gasteiger partial charge in [0.25, 0.3) is 5.56 Å². The number of pyridine rings is 1. The Bertz CT molecular complexity index is 842. The third-order valence-electron chi connectivity index (χ3n) is 3.06. The van der Waals surface area contributed by atoms with Crippen LogP contribution < -0.4 is 5.56 Å². The molecule has 0 atom stereocenters. The van der Waals surface area contributed by atoms with Crippen molar-refractivity contribution < 1.29 is 0 Å². The standard InChI is InChI=1S/C15H12BrN3O/c1-2-10-8-13(20)19-15(17-10)14-11(16)7-9-5-3-4-6-12(9)18-14/h3-8H,2H2,1H3,(H,17,19,20). The van der Waals surface area contributed by atoms with Crippen LogP contribution in [0.1, 0.15) is 12.6 Å². The number of hydrogen-bond donors (Lipinski definition) is 1. The lowest BCUT2D eigenvalue weighted by molar-refractivity contribution is 0.980. The number of aromatic amines is 1. The predicted molar refractivity (Wildman–Crippen MR) is 82.7 cm³/mol. The van der Waals surface area contributed by atoms with Gasteiger partial charge in [0.1, 0.15) is 5.69 Å². The number of benzene rings is 1. The van der Waals surface area contributed by atoms with E-state index in [1.165, 1.54) is 6.07 Å². The largest absolute Gasteiger partial charge is 0.305 e. The highest BCUT2D eigenvalue weighted by Gasteiger charge is 2.10. The molecule has 100 valence electrons. The van der Waals surface area contributed by atoms with Gasteiger partial charge in [0.15, 0.2) is 5.82 Å². The van der Waals surface area contributed by atoms with Gasteiger partial charge in [-0.3, -0.25) is 4.79 Å². The first kappa shape index (κ1) is 13.0. The number of halogens is 1. The molecule has 5 heteroatoms. The van der Waals surface area contributed by atoms with Crippen LogP contribution in [-0.4, -0.2) is 15.0 Å². The van der Waals surface area contributed by atoms with E-state index in [0.717, 1.165) is 21.1 Å². The van der Waals surface area contributed by atoms with Gasteiger partial charge in [-0.1, -0.05) is 25.1 Å². The van der Waals surface area contributed by atoms with E-state index in [0.29, 0.717) is 17.9 Å². The first-order chi connectivity index (χ1) is 9.67. The van der Waals surface area contributed by atoms with E-state index >= 15 is 0 Å². The molecule has 0 unspecified atom stereocenters. The van der Waals surface area contributed by atoms with Gasteiger partial charge in [0.2, 0.25) is 0 Å². The highest BCUT2D eigenvalue weighted by Crippen LogP contribution is 2.27. The zero-order valence-electron chi connectivity index (χ0n) is 10.9. The first-order valence-electron chi connectivity index (χ1n) is 6.33. The fourth-order valence-electron chi connectivity index (χ4n) is 2.06. The van der Waals surface area contributed by atoms with E-state index in [2.05, 4.69) is 30.9 Å². The van der Waals surface area contributed by atoms with E-state index < -0.39 is 0 Å². The number of H-pyrrole nitrogens is 1. The number of hydrogen-bond acceptors (Lipinski definition) is 3. The molecular formula is C15H12BrN3O. The summed E-state index contributed by atoms with van der Waals surface area (Å²) in [5.41, 5.74) is 2.12. The second-order valence-electron chi connectivity index (χ2n) is 4.45. The number of aryl methyl sites for hydroxylation is 1. The van der Waals surface area contributed by atoms with Crippen LogP contribution in [-0.2, 0) is 6.42 Å². The molecule has 0 saturated carbocycles.